The Kier molecular flexibility index (Phi) is 4.38. The number of alkyl halides is 1. The van der Waals surface area contributed by atoms with E-state index in [9.17, 15) is 4.79 Å². The van der Waals surface area contributed by atoms with Crippen LogP contribution in [0.2, 0.25) is 0 Å². The summed E-state index contributed by atoms with van der Waals surface area (Å²) in [6.07, 6.45) is 0.546. The first kappa shape index (κ1) is 13.8. The number of benzene rings is 2. The fourth-order valence-electron chi connectivity index (χ4n) is 2.03. The van der Waals surface area contributed by atoms with Crippen molar-refractivity contribution in [3.63, 3.8) is 0 Å². The molecule has 0 bridgehead atoms. The van der Waals surface area contributed by atoms with Crippen LogP contribution in [-0.2, 0) is 20.3 Å². The van der Waals surface area contributed by atoms with Crippen LogP contribution in [0.15, 0.2) is 60.7 Å². The van der Waals surface area contributed by atoms with Crippen molar-refractivity contribution in [2.24, 2.45) is 0 Å². The van der Waals surface area contributed by atoms with E-state index in [4.69, 9.17) is 4.74 Å². The van der Waals surface area contributed by atoms with Crippen LogP contribution in [0.1, 0.15) is 11.1 Å². The molecular formula is C16H15BrO2. The Morgan fingerprint density at radius 3 is 2.11 bits per heavy atom. The zero-order chi connectivity index (χ0) is 13.7. The maximum atomic E-state index is 12.2. The molecule has 0 amide bonds. The van der Waals surface area contributed by atoms with Crippen molar-refractivity contribution >= 4 is 21.9 Å². The van der Waals surface area contributed by atoms with Crippen molar-refractivity contribution in [2.75, 3.05) is 7.11 Å². The van der Waals surface area contributed by atoms with Gasteiger partial charge in [-0.3, -0.25) is 4.79 Å². The number of carbonyl (C=O) groups excluding carboxylic acids is 1. The minimum atomic E-state index is -0.843. The summed E-state index contributed by atoms with van der Waals surface area (Å²) in [5, 5.41) is 0. The molecule has 0 aliphatic heterocycles. The van der Waals surface area contributed by atoms with E-state index in [1.54, 1.807) is 0 Å². The third-order valence-electron chi connectivity index (χ3n) is 3.03. The fraction of sp³-hybridized carbons (Fsp3) is 0.188. The van der Waals surface area contributed by atoms with E-state index in [0.29, 0.717) is 6.42 Å². The number of esters is 1. The molecule has 1 unspecified atom stereocenters. The van der Waals surface area contributed by atoms with Crippen molar-refractivity contribution in [1.29, 1.82) is 0 Å². The van der Waals surface area contributed by atoms with Crippen LogP contribution < -0.4 is 0 Å². The van der Waals surface area contributed by atoms with Crippen molar-refractivity contribution in [2.45, 2.75) is 10.7 Å². The molecule has 19 heavy (non-hydrogen) atoms. The molecule has 0 N–H and O–H groups in total. The number of halogens is 1. The monoisotopic (exact) mass is 318 g/mol. The van der Waals surface area contributed by atoms with Crippen molar-refractivity contribution in [3.05, 3.63) is 71.8 Å². The first-order valence-electron chi connectivity index (χ1n) is 6.03. The first-order valence-corrected chi connectivity index (χ1v) is 6.83. The molecule has 0 aromatic heterocycles. The first-order chi connectivity index (χ1) is 9.16. The third-order valence-corrected chi connectivity index (χ3v) is 4.09. The molecule has 0 aliphatic rings. The second-order valence-electron chi connectivity index (χ2n) is 4.32. The Bertz CT molecular complexity index is 539. The van der Waals surface area contributed by atoms with E-state index in [1.165, 1.54) is 7.11 Å². The predicted molar refractivity (Wildman–Crippen MR) is 79.2 cm³/mol. The smallest absolute Gasteiger partial charge is 0.327 e. The molecule has 98 valence electrons. The molecule has 0 spiro atoms. The van der Waals surface area contributed by atoms with Crippen LogP contribution in [0, 0.1) is 0 Å². The van der Waals surface area contributed by atoms with Gasteiger partial charge in [0.2, 0.25) is 0 Å². The number of hydrogen-bond acceptors (Lipinski definition) is 2. The highest BCUT2D eigenvalue weighted by molar-refractivity contribution is 9.10. The molecule has 2 nitrogen and oxygen atoms in total. The zero-order valence-electron chi connectivity index (χ0n) is 10.7. The normalized spacial score (nSPS) is 13.6. The minimum absolute atomic E-state index is 0.289. The lowest BCUT2D eigenvalue weighted by atomic mass is 9.92. The molecule has 3 heteroatoms. The van der Waals surface area contributed by atoms with Gasteiger partial charge in [-0.15, -0.1) is 0 Å². The van der Waals surface area contributed by atoms with Crippen LogP contribution in [0.3, 0.4) is 0 Å². The molecule has 0 radical (unpaired) electrons. The summed E-state index contributed by atoms with van der Waals surface area (Å²) < 4.78 is 4.11. The summed E-state index contributed by atoms with van der Waals surface area (Å²) in [4.78, 5) is 12.2. The molecule has 2 aromatic rings. The van der Waals surface area contributed by atoms with Gasteiger partial charge in [-0.25, -0.2) is 0 Å². The minimum Gasteiger partial charge on any atom is -0.468 e. The number of rotatable bonds is 4. The quantitative estimate of drug-likeness (QED) is 0.634. The number of methoxy groups -OCH3 is 1. The largest absolute Gasteiger partial charge is 0.468 e. The predicted octanol–water partition coefficient (Wildman–Crippen LogP) is 3.69. The molecular weight excluding hydrogens is 304 g/mol. The van der Waals surface area contributed by atoms with E-state index in [0.717, 1.165) is 11.1 Å². The summed E-state index contributed by atoms with van der Waals surface area (Å²) >= 11 is 3.58. The van der Waals surface area contributed by atoms with Gasteiger partial charge in [0.25, 0.3) is 0 Å². The average molecular weight is 319 g/mol. The molecule has 0 saturated heterocycles. The summed E-state index contributed by atoms with van der Waals surface area (Å²) in [6.45, 7) is 0. The number of ether oxygens (including phenoxy) is 1. The van der Waals surface area contributed by atoms with Crippen molar-refractivity contribution < 1.29 is 9.53 Å². The summed E-state index contributed by atoms with van der Waals surface area (Å²) in [7, 11) is 1.41. The highest BCUT2D eigenvalue weighted by Crippen LogP contribution is 2.36. The Morgan fingerprint density at radius 1 is 1.05 bits per heavy atom. The van der Waals surface area contributed by atoms with Crippen LogP contribution in [0.5, 0.6) is 0 Å². The summed E-state index contributed by atoms with van der Waals surface area (Å²) in [5.74, 6) is -0.289. The lowest BCUT2D eigenvalue weighted by Gasteiger charge is -2.25. The van der Waals surface area contributed by atoms with Gasteiger partial charge in [0.15, 0.2) is 4.32 Å². The van der Waals surface area contributed by atoms with E-state index >= 15 is 0 Å². The van der Waals surface area contributed by atoms with Gasteiger partial charge < -0.3 is 4.74 Å². The Labute approximate surface area is 121 Å². The lowest BCUT2D eigenvalue weighted by molar-refractivity contribution is -0.143. The maximum Gasteiger partial charge on any atom is 0.327 e. The summed E-state index contributed by atoms with van der Waals surface area (Å²) in [6, 6.07) is 19.5. The third kappa shape index (κ3) is 3.04. The standard InChI is InChI=1S/C16H15BrO2/c1-19-15(18)16(17,14-10-6-3-7-11-14)12-13-8-4-2-5-9-13/h2-11H,12H2,1H3. The highest BCUT2D eigenvalue weighted by Gasteiger charge is 2.38. The number of carbonyl (C=O) groups is 1. The van der Waals surface area contributed by atoms with Gasteiger partial charge in [0, 0.05) is 6.42 Å². The van der Waals surface area contributed by atoms with Gasteiger partial charge in [-0.2, -0.15) is 0 Å². The van der Waals surface area contributed by atoms with E-state index in [-0.39, 0.29) is 5.97 Å². The van der Waals surface area contributed by atoms with Gasteiger partial charge in [-0.1, -0.05) is 76.6 Å². The molecule has 0 heterocycles. The molecule has 0 saturated carbocycles. The van der Waals surface area contributed by atoms with E-state index < -0.39 is 4.32 Å². The second kappa shape index (κ2) is 6.02. The fourth-order valence-corrected chi connectivity index (χ4v) is 2.78. The molecule has 0 aliphatic carbocycles. The second-order valence-corrected chi connectivity index (χ2v) is 5.67. The van der Waals surface area contributed by atoms with Gasteiger partial charge in [0.1, 0.15) is 0 Å². The maximum absolute atomic E-state index is 12.2. The van der Waals surface area contributed by atoms with Crippen LogP contribution in [0.25, 0.3) is 0 Å². The molecule has 2 rings (SSSR count). The van der Waals surface area contributed by atoms with Gasteiger partial charge >= 0.3 is 5.97 Å². The van der Waals surface area contributed by atoms with Gasteiger partial charge in [-0.05, 0) is 11.1 Å². The SMILES string of the molecule is COC(=O)C(Br)(Cc1ccccc1)c1ccccc1. The lowest BCUT2D eigenvalue weighted by Crippen LogP contribution is -2.33. The molecule has 0 fully saturated rings. The number of hydrogen-bond donors (Lipinski definition) is 0. The molecule has 2 aromatic carbocycles. The van der Waals surface area contributed by atoms with Crippen molar-refractivity contribution in [1.82, 2.24) is 0 Å². The molecule has 1 atom stereocenters. The highest BCUT2D eigenvalue weighted by atomic mass is 79.9. The van der Waals surface area contributed by atoms with Crippen LogP contribution in [0.4, 0.5) is 0 Å². The average Bonchev–Trinajstić information content (AvgIpc) is 2.48. The Hall–Kier alpha value is -1.61. The topological polar surface area (TPSA) is 26.3 Å². The zero-order valence-corrected chi connectivity index (χ0v) is 12.3. The van der Waals surface area contributed by atoms with Gasteiger partial charge in [0.05, 0.1) is 7.11 Å². The van der Waals surface area contributed by atoms with E-state index in [2.05, 4.69) is 15.9 Å². The van der Waals surface area contributed by atoms with E-state index in [1.807, 2.05) is 60.7 Å². The Balaban J connectivity index is 2.39. The Morgan fingerprint density at radius 2 is 1.58 bits per heavy atom. The summed E-state index contributed by atoms with van der Waals surface area (Å²) in [5.41, 5.74) is 1.97. The van der Waals surface area contributed by atoms with Crippen LogP contribution >= 0.6 is 15.9 Å². The van der Waals surface area contributed by atoms with Crippen LogP contribution in [-0.4, -0.2) is 13.1 Å². The van der Waals surface area contributed by atoms with Crippen molar-refractivity contribution in [3.8, 4) is 0 Å².